The maximum absolute atomic E-state index is 5.99. The molecule has 0 heterocycles. The van der Waals surface area contributed by atoms with Crippen LogP contribution in [0.25, 0.3) is 0 Å². The van der Waals surface area contributed by atoms with Gasteiger partial charge >= 0.3 is 0 Å². The van der Waals surface area contributed by atoms with Gasteiger partial charge in [0.2, 0.25) is 0 Å². The Morgan fingerprint density at radius 1 is 1.21 bits per heavy atom. The molecule has 0 aliphatic heterocycles. The molecule has 4 aliphatic rings. The molecule has 4 rings (SSSR count). The van der Waals surface area contributed by atoms with Crippen molar-refractivity contribution in [3.8, 4) is 12.3 Å². The second kappa shape index (κ2) is 5.04. The molecule has 0 aromatic rings. The first-order valence-electron chi connectivity index (χ1n) is 9.51. The highest BCUT2D eigenvalue weighted by atomic mass is 16.5. The third-order valence-corrected chi connectivity index (χ3v) is 8.30. The van der Waals surface area contributed by atoms with Gasteiger partial charge in [-0.25, -0.2) is 0 Å². The summed E-state index contributed by atoms with van der Waals surface area (Å²) in [4.78, 5) is 0. The lowest BCUT2D eigenvalue weighted by Crippen LogP contribution is -2.45. The van der Waals surface area contributed by atoms with Gasteiger partial charge in [0, 0.05) is 17.3 Å². The van der Waals surface area contributed by atoms with Gasteiger partial charge in [-0.15, -0.1) is 6.42 Å². The van der Waals surface area contributed by atoms with E-state index in [9.17, 15) is 0 Å². The van der Waals surface area contributed by atoms with Gasteiger partial charge in [0.15, 0.2) is 0 Å². The Hall–Kier alpha value is -1.42. The molecule has 2 unspecified atom stereocenters. The van der Waals surface area contributed by atoms with E-state index in [0.717, 1.165) is 24.5 Å². The normalized spacial score (nSPS) is 46.5. The van der Waals surface area contributed by atoms with E-state index in [4.69, 9.17) is 11.2 Å². The van der Waals surface area contributed by atoms with Crippen molar-refractivity contribution in [1.82, 2.24) is 0 Å². The molecule has 1 heteroatoms. The minimum Gasteiger partial charge on any atom is -0.501 e. The molecule has 0 spiro atoms. The number of allylic oxidation sites excluding steroid dienone is 6. The molecule has 24 heavy (non-hydrogen) atoms. The maximum Gasteiger partial charge on any atom is 0.0958 e. The van der Waals surface area contributed by atoms with Crippen molar-refractivity contribution in [2.45, 2.75) is 59.3 Å². The summed E-state index contributed by atoms with van der Waals surface area (Å²) in [5.41, 5.74) is 3.71. The molecule has 1 fully saturated rings. The Labute approximate surface area is 147 Å². The number of hydrogen-bond donors (Lipinski definition) is 0. The average Bonchev–Trinajstić information content (AvgIpc) is 2.86. The standard InChI is InChI=1S/C23H30O/c1-6-21(2)12-10-20-18-8-7-16-15-17(24-5)9-13-22(16,3)19(18)11-14-23(20,21)4/h1,7,11,15,18,20H,8-10,12-14H2,2-5H3/t18?,20?,21-,22+,23+/m1/s1. The van der Waals surface area contributed by atoms with Crippen molar-refractivity contribution in [2.24, 2.45) is 28.1 Å². The highest BCUT2D eigenvalue weighted by Crippen LogP contribution is 2.67. The topological polar surface area (TPSA) is 9.23 Å². The van der Waals surface area contributed by atoms with Gasteiger partial charge in [-0.05, 0) is 67.9 Å². The van der Waals surface area contributed by atoms with E-state index in [2.05, 4.69) is 44.9 Å². The number of terminal acetylenes is 1. The minimum atomic E-state index is 0.0558. The highest BCUT2D eigenvalue weighted by Gasteiger charge is 2.59. The van der Waals surface area contributed by atoms with Crippen LogP contribution in [-0.2, 0) is 4.74 Å². The largest absolute Gasteiger partial charge is 0.501 e. The zero-order valence-electron chi connectivity index (χ0n) is 15.6. The summed E-state index contributed by atoms with van der Waals surface area (Å²) in [6.45, 7) is 7.24. The second-order valence-corrected chi connectivity index (χ2v) is 9.05. The second-order valence-electron chi connectivity index (χ2n) is 9.05. The van der Waals surface area contributed by atoms with Crippen LogP contribution in [-0.4, -0.2) is 7.11 Å². The van der Waals surface area contributed by atoms with Crippen LogP contribution in [0.3, 0.4) is 0 Å². The van der Waals surface area contributed by atoms with Gasteiger partial charge in [-0.3, -0.25) is 0 Å². The molecule has 1 nitrogen and oxygen atoms in total. The maximum atomic E-state index is 5.99. The van der Waals surface area contributed by atoms with Crippen molar-refractivity contribution in [3.05, 3.63) is 35.1 Å². The zero-order chi connectivity index (χ0) is 17.2. The van der Waals surface area contributed by atoms with Crippen molar-refractivity contribution < 1.29 is 4.74 Å². The van der Waals surface area contributed by atoms with E-state index in [1.807, 2.05) is 0 Å². The van der Waals surface area contributed by atoms with Crippen LogP contribution >= 0.6 is 0 Å². The summed E-state index contributed by atoms with van der Waals surface area (Å²) in [5.74, 6) is 5.74. The average molecular weight is 322 g/mol. The fourth-order valence-electron chi connectivity index (χ4n) is 6.26. The lowest BCUT2D eigenvalue weighted by molar-refractivity contribution is 0.0689. The number of rotatable bonds is 1. The van der Waals surface area contributed by atoms with Crippen LogP contribution in [0.1, 0.15) is 59.3 Å². The third-order valence-electron chi connectivity index (χ3n) is 8.30. The first kappa shape index (κ1) is 16.1. The van der Waals surface area contributed by atoms with E-state index in [-0.39, 0.29) is 16.2 Å². The summed E-state index contributed by atoms with van der Waals surface area (Å²) in [6, 6.07) is 0. The molecule has 0 saturated heterocycles. The van der Waals surface area contributed by atoms with Crippen LogP contribution in [0.2, 0.25) is 0 Å². The lowest BCUT2D eigenvalue weighted by atomic mass is 9.50. The summed E-state index contributed by atoms with van der Waals surface area (Å²) in [5, 5.41) is 0. The molecule has 0 N–H and O–H groups in total. The molecule has 0 aromatic heterocycles. The van der Waals surface area contributed by atoms with Crippen molar-refractivity contribution in [2.75, 3.05) is 7.11 Å². The van der Waals surface area contributed by atoms with E-state index in [1.165, 1.54) is 31.3 Å². The fraction of sp³-hybridized carbons (Fsp3) is 0.652. The summed E-state index contributed by atoms with van der Waals surface area (Å²) in [7, 11) is 1.80. The number of hydrogen-bond acceptors (Lipinski definition) is 1. The molecule has 5 atom stereocenters. The fourth-order valence-corrected chi connectivity index (χ4v) is 6.26. The number of ether oxygens (including phenoxy) is 1. The predicted octanol–water partition coefficient (Wildman–Crippen LogP) is 5.65. The van der Waals surface area contributed by atoms with Crippen LogP contribution in [0.5, 0.6) is 0 Å². The Morgan fingerprint density at radius 2 is 2.00 bits per heavy atom. The first-order chi connectivity index (χ1) is 11.4. The summed E-state index contributed by atoms with van der Waals surface area (Å²) in [6.07, 6.45) is 20.4. The molecule has 0 aromatic carbocycles. The van der Waals surface area contributed by atoms with E-state index >= 15 is 0 Å². The Kier molecular flexibility index (Phi) is 3.38. The van der Waals surface area contributed by atoms with Crippen LogP contribution in [0.4, 0.5) is 0 Å². The van der Waals surface area contributed by atoms with E-state index in [1.54, 1.807) is 12.7 Å². The van der Waals surface area contributed by atoms with Crippen molar-refractivity contribution in [1.29, 1.82) is 0 Å². The van der Waals surface area contributed by atoms with Gasteiger partial charge < -0.3 is 4.74 Å². The molecule has 0 amide bonds. The van der Waals surface area contributed by atoms with Crippen molar-refractivity contribution in [3.63, 3.8) is 0 Å². The van der Waals surface area contributed by atoms with Gasteiger partial charge in [-0.2, -0.15) is 0 Å². The molecular weight excluding hydrogens is 292 g/mol. The van der Waals surface area contributed by atoms with E-state index in [0.29, 0.717) is 5.92 Å². The van der Waals surface area contributed by atoms with Crippen LogP contribution in [0.15, 0.2) is 35.1 Å². The number of fused-ring (bicyclic) bond motifs is 5. The van der Waals surface area contributed by atoms with Gasteiger partial charge in [0.1, 0.15) is 0 Å². The Balaban J connectivity index is 1.76. The first-order valence-corrected chi connectivity index (χ1v) is 9.51. The molecule has 0 bridgehead atoms. The SMILES string of the molecule is C#C[C@]1(C)CCC2C3CC=C4C=C(OC)CC[C@]4(C)C3=CC[C@@]21C. The smallest absolute Gasteiger partial charge is 0.0958 e. The van der Waals surface area contributed by atoms with Crippen LogP contribution < -0.4 is 0 Å². The molecule has 4 aliphatic carbocycles. The quantitative estimate of drug-likeness (QED) is 0.448. The number of methoxy groups -OCH3 is 1. The summed E-state index contributed by atoms with van der Waals surface area (Å²) < 4.78 is 5.53. The third kappa shape index (κ3) is 1.83. The molecule has 1 saturated carbocycles. The Morgan fingerprint density at radius 3 is 2.71 bits per heavy atom. The zero-order valence-corrected chi connectivity index (χ0v) is 15.6. The van der Waals surface area contributed by atoms with Crippen molar-refractivity contribution >= 4 is 0 Å². The molecule has 128 valence electrons. The summed E-state index contributed by atoms with van der Waals surface area (Å²) >= 11 is 0. The monoisotopic (exact) mass is 322 g/mol. The van der Waals surface area contributed by atoms with Gasteiger partial charge in [0.05, 0.1) is 12.9 Å². The Bertz CT molecular complexity index is 702. The molecular formula is C23H30O. The molecule has 0 radical (unpaired) electrons. The predicted molar refractivity (Wildman–Crippen MR) is 99.1 cm³/mol. The van der Waals surface area contributed by atoms with E-state index < -0.39 is 0 Å². The highest BCUT2D eigenvalue weighted by molar-refractivity contribution is 5.45. The van der Waals surface area contributed by atoms with Crippen LogP contribution in [0, 0.1) is 40.4 Å². The van der Waals surface area contributed by atoms with Gasteiger partial charge in [0.25, 0.3) is 0 Å². The van der Waals surface area contributed by atoms with Gasteiger partial charge in [-0.1, -0.05) is 37.5 Å². The lowest BCUT2D eigenvalue weighted by Gasteiger charge is -2.53. The minimum absolute atomic E-state index is 0.0558.